The Morgan fingerprint density at radius 3 is 2.81 bits per heavy atom. The number of aryl methyl sites for hydroxylation is 2. The molecule has 2 heterocycles. The Morgan fingerprint density at radius 1 is 1.48 bits per heavy atom. The van der Waals surface area contributed by atoms with Crippen molar-refractivity contribution in [2.24, 2.45) is 7.05 Å². The van der Waals surface area contributed by atoms with E-state index in [0.717, 1.165) is 16.4 Å². The summed E-state index contributed by atoms with van der Waals surface area (Å²) >= 11 is 3.35. The molecule has 2 aromatic rings. The van der Waals surface area contributed by atoms with Gasteiger partial charge in [-0.3, -0.25) is 24.3 Å². The molecule has 0 aliphatic heterocycles. The molecule has 0 radical (unpaired) electrons. The maximum absolute atomic E-state index is 11.7. The van der Waals surface area contributed by atoms with Crippen LogP contribution in [-0.4, -0.2) is 30.4 Å². The maximum Gasteiger partial charge on any atom is 0.306 e. The topological polar surface area (TPSA) is 108 Å². The highest BCUT2D eigenvalue weighted by Crippen LogP contribution is 2.14. The van der Waals surface area contributed by atoms with Crippen LogP contribution >= 0.6 is 15.9 Å². The predicted molar refractivity (Wildman–Crippen MR) is 76.3 cm³/mol. The number of carbonyl (C=O) groups excluding carboxylic acids is 1. The molecule has 1 amide bonds. The number of nitrogens with one attached hydrogen (secondary N) is 1. The molecule has 2 aromatic heterocycles. The quantitative estimate of drug-likeness (QED) is 0.613. The first-order valence-electron chi connectivity index (χ1n) is 6.07. The van der Waals surface area contributed by atoms with Gasteiger partial charge in [-0.2, -0.15) is 10.2 Å². The van der Waals surface area contributed by atoms with E-state index in [1.54, 1.807) is 17.9 Å². The fraction of sp³-hybridized carbons (Fsp3) is 0.364. The molecule has 0 aliphatic carbocycles. The van der Waals surface area contributed by atoms with Gasteiger partial charge >= 0.3 is 5.69 Å². The highest BCUT2D eigenvalue weighted by Gasteiger charge is 2.11. The molecule has 0 unspecified atom stereocenters. The zero-order valence-electron chi connectivity index (χ0n) is 11.2. The van der Waals surface area contributed by atoms with Crippen LogP contribution in [0.25, 0.3) is 0 Å². The molecule has 0 saturated carbocycles. The number of aromatic nitrogens is 4. The molecule has 10 heteroatoms. The SMILES string of the molecule is Cn1ncc(Br)c1CNC(=O)CCn1cc([N+](=O)[O-])cn1. The second-order valence-corrected chi connectivity index (χ2v) is 5.16. The standard InChI is InChI=1S/C11H13BrN6O3/c1-16-10(9(12)5-14-16)6-13-11(19)2-3-17-7-8(4-15-17)18(20)21/h4-5,7H,2-3,6H2,1H3,(H,13,19). The van der Waals surface area contributed by atoms with Crippen molar-refractivity contribution in [2.75, 3.05) is 0 Å². The van der Waals surface area contributed by atoms with Crippen LogP contribution in [0.3, 0.4) is 0 Å². The van der Waals surface area contributed by atoms with Gasteiger partial charge in [-0.15, -0.1) is 0 Å². The molecule has 0 bridgehead atoms. The van der Waals surface area contributed by atoms with E-state index >= 15 is 0 Å². The second kappa shape index (κ2) is 6.48. The predicted octanol–water partition coefficient (Wildman–Crippen LogP) is 0.994. The third-order valence-electron chi connectivity index (χ3n) is 2.86. The number of hydrogen-bond donors (Lipinski definition) is 1. The lowest BCUT2D eigenvalue weighted by atomic mass is 10.3. The van der Waals surface area contributed by atoms with Crippen LogP contribution in [-0.2, 0) is 24.9 Å². The molecule has 21 heavy (non-hydrogen) atoms. The van der Waals surface area contributed by atoms with Crippen molar-refractivity contribution >= 4 is 27.5 Å². The zero-order chi connectivity index (χ0) is 15.4. The van der Waals surface area contributed by atoms with Crippen molar-refractivity contribution in [1.82, 2.24) is 24.9 Å². The van der Waals surface area contributed by atoms with Gasteiger partial charge in [0.15, 0.2) is 0 Å². The number of amides is 1. The van der Waals surface area contributed by atoms with E-state index in [4.69, 9.17) is 0 Å². The van der Waals surface area contributed by atoms with Crippen molar-refractivity contribution < 1.29 is 9.72 Å². The van der Waals surface area contributed by atoms with E-state index in [9.17, 15) is 14.9 Å². The largest absolute Gasteiger partial charge is 0.350 e. The molecule has 0 saturated heterocycles. The van der Waals surface area contributed by atoms with Crippen LogP contribution in [0.4, 0.5) is 5.69 Å². The Kier molecular flexibility index (Phi) is 4.68. The third-order valence-corrected chi connectivity index (χ3v) is 3.52. The summed E-state index contributed by atoms with van der Waals surface area (Å²) in [5, 5.41) is 21.1. The van der Waals surface area contributed by atoms with Crippen LogP contribution in [0.2, 0.25) is 0 Å². The van der Waals surface area contributed by atoms with Crippen LogP contribution < -0.4 is 5.32 Å². The number of nitrogens with zero attached hydrogens (tertiary/aromatic N) is 5. The van der Waals surface area contributed by atoms with E-state index < -0.39 is 4.92 Å². The number of halogens is 1. The highest BCUT2D eigenvalue weighted by atomic mass is 79.9. The fourth-order valence-corrected chi connectivity index (χ4v) is 2.18. The van der Waals surface area contributed by atoms with Crippen LogP contribution in [0.15, 0.2) is 23.1 Å². The average Bonchev–Trinajstić information content (AvgIpc) is 3.03. The van der Waals surface area contributed by atoms with Crippen molar-refractivity contribution in [3.05, 3.63) is 38.9 Å². The van der Waals surface area contributed by atoms with E-state index in [-0.39, 0.29) is 24.6 Å². The number of rotatable bonds is 6. The average molecular weight is 357 g/mol. The Morgan fingerprint density at radius 2 is 2.24 bits per heavy atom. The second-order valence-electron chi connectivity index (χ2n) is 4.31. The van der Waals surface area contributed by atoms with Crippen molar-refractivity contribution in [2.45, 2.75) is 19.5 Å². The van der Waals surface area contributed by atoms with Gasteiger partial charge in [0.2, 0.25) is 5.91 Å². The Labute approximate surface area is 128 Å². The van der Waals surface area contributed by atoms with E-state index in [2.05, 4.69) is 31.4 Å². The lowest BCUT2D eigenvalue weighted by molar-refractivity contribution is -0.385. The maximum atomic E-state index is 11.7. The lowest BCUT2D eigenvalue weighted by Crippen LogP contribution is -2.25. The monoisotopic (exact) mass is 356 g/mol. The highest BCUT2D eigenvalue weighted by molar-refractivity contribution is 9.10. The molecule has 9 nitrogen and oxygen atoms in total. The van der Waals surface area contributed by atoms with E-state index in [1.807, 2.05) is 0 Å². The molecule has 0 spiro atoms. The number of nitro groups is 1. The zero-order valence-corrected chi connectivity index (χ0v) is 12.8. The molecule has 0 atom stereocenters. The first kappa shape index (κ1) is 15.2. The fourth-order valence-electron chi connectivity index (χ4n) is 1.69. The molecule has 2 rings (SSSR count). The Balaban J connectivity index is 1.81. The third kappa shape index (κ3) is 3.88. The molecule has 0 aromatic carbocycles. The summed E-state index contributed by atoms with van der Waals surface area (Å²) < 4.78 is 3.87. The smallest absolute Gasteiger partial charge is 0.306 e. The lowest BCUT2D eigenvalue weighted by Gasteiger charge is -2.06. The molecule has 112 valence electrons. The van der Waals surface area contributed by atoms with Gasteiger partial charge < -0.3 is 5.32 Å². The minimum absolute atomic E-state index is 0.0887. The van der Waals surface area contributed by atoms with Gasteiger partial charge in [-0.1, -0.05) is 0 Å². The minimum atomic E-state index is -0.524. The molecule has 0 fully saturated rings. The van der Waals surface area contributed by atoms with Crippen molar-refractivity contribution in [3.8, 4) is 0 Å². The Bertz CT molecular complexity index is 645. The van der Waals surface area contributed by atoms with Gasteiger partial charge in [0.05, 0.1) is 27.8 Å². The van der Waals surface area contributed by atoms with E-state index in [1.165, 1.54) is 10.9 Å². The first-order valence-corrected chi connectivity index (χ1v) is 6.86. The summed E-state index contributed by atoms with van der Waals surface area (Å²) in [5.74, 6) is -0.166. The van der Waals surface area contributed by atoms with Crippen LogP contribution in [0.1, 0.15) is 12.1 Å². The summed E-state index contributed by atoms with van der Waals surface area (Å²) in [5.41, 5.74) is 0.771. The summed E-state index contributed by atoms with van der Waals surface area (Å²) in [6, 6.07) is 0. The summed E-state index contributed by atoms with van der Waals surface area (Å²) in [6.07, 6.45) is 4.30. The molecular formula is C11H13BrN6O3. The summed E-state index contributed by atoms with van der Waals surface area (Å²) in [4.78, 5) is 21.7. The van der Waals surface area contributed by atoms with E-state index in [0.29, 0.717) is 6.54 Å². The minimum Gasteiger partial charge on any atom is -0.350 e. The van der Waals surface area contributed by atoms with Gasteiger partial charge in [-0.25, -0.2) is 0 Å². The van der Waals surface area contributed by atoms with Gasteiger partial charge in [0, 0.05) is 20.0 Å². The molecular weight excluding hydrogens is 344 g/mol. The van der Waals surface area contributed by atoms with Gasteiger partial charge in [0.25, 0.3) is 0 Å². The number of hydrogen-bond acceptors (Lipinski definition) is 5. The van der Waals surface area contributed by atoms with Crippen LogP contribution in [0, 0.1) is 10.1 Å². The first-order chi connectivity index (χ1) is 9.97. The summed E-state index contributed by atoms with van der Waals surface area (Å²) in [6.45, 7) is 0.640. The summed E-state index contributed by atoms with van der Waals surface area (Å²) in [7, 11) is 1.79. The van der Waals surface area contributed by atoms with Gasteiger partial charge in [0.1, 0.15) is 12.4 Å². The van der Waals surface area contributed by atoms with Crippen molar-refractivity contribution in [3.63, 3.8) is 0 Å². The van der Waals surface area contributed by atoms with Crippen molar-refractivity contribution in [1.29, 1.82) is 0 Å². The van der Waals surface area contributed by atoms with Crippen LogP contribution in [0.5, 0.6) is 0 Å². The molecule has 0 aliphatic rings. The van der Waals surface area contributed by atoms with Gasteiger partial charge in [-0.05, 0) is 15.9 Å². The normalized spacial score (nSPS) is 10.6. The number of carbonyl (C=O) groups is 1. The molecule has 1 N–H and O–H groups in total. The Hall–Kier alpha value is -2.23.